The van der Waals surface area contributed by atoms with Gasteiger partial charge in [-0.15, -0.1) is 0 Å². The lowest BCUT2D eigenvalue weighted by Gasteiger charge is -2.36. The third-order valence-electron chi connectivity index (χ3n) is 3.09. The van der Waals surface area contributed by atoms with E-state index in [1.807, 2.05) is 6.92 Å². The van der Waals surface area contributed by atoms with E-state index in [0.717, 1.165) is 32.1 Å². The standard InChI is InChI=1S/C11H19NO3/c1-9-8-10(4-3-7-13)5-6-12(9)11(14)15-2/h7,9-10H,3-6,8H2,1-2H3/t9-,10+/m1/s1. The number of carbonyl (C=O) groups is 2. The first kappa shape index (κ1) is 12.0. The quantitative estimate of drug-likeness (QED) is 0.672. The van der Waals surface area contributed by atoms with Crippen molar-refractivity contribution in [3.8, 4) is 0 Å². The molecular weight excluding hydrogens is 194 g/mol. The van der Waals surface area contributed by atoms with Crippen molar-refractivity contribution in [3.63, 3.8) is 0 Å². The van der Waals surface area contributed by atoms with Crippen LogP contribution >= 0.6 is 0 Å². The molecule has 1 aliphatic heterocycles. The van der Waals surface area contributed by atoms with Crippen LogP contribution in [0, 0.1) is 5.92 Å². The molecule has 0 unspecified atom stereocenters. The molecule has 1 amide bonds. The zero-order valence-electron chi connectivity index (χ0n) is 9.44. The summed E-state index contributed by atoms with van der Waals surface area (Å²) in [7, 11) is 1.41. The van der Waals surface area contributed by atoms with Crippen molar-refractivity contribution in [2.75, 3.05) is 13.7 Å². The number of nitrogens with zero attached hydrogens (tertiary/aromatic N) is 1. The fraction of sp³-hybridized carbons (Fsp3) is 0.818. The highest BCUT2D eigenvalue weighted by Gasteiger charge is 2.28. The van der Waals surface area contributed by atoms with E-state index in [4.69, 9.17) is 4.74 Å². The van der Waals surface area contributed by atoms with Crippen molar-refractivity contribution in [2.24, 2.45) is 5.92 Å². The molecule has 0 saturated carbocycles. The number of rotatable bonds is 3. The summed E-state index contributed by atoms with van der Waals surface area (Å²) >= 11 is 0. The molecule has 4 nitrogen and oxygen atoms in total. The van der Waals surface area contributed by atoms with Gasteiger partial charge in [-0.2, -0.15) is 0 Å². The molecule has 1 saturated heterocycles. The molecular formula is C11H19NO3. The molecule has 15 heavy (non-hydrogen) atoms. The highest BCUT2D eigenvalue weighted by molar-refractivity contribution is 5.67. The van der Waals surface area contributed by atoms with E-state index in [1.54, 1.807) is 4.90 Å². The summed E-state index contributed by atoms with van der Waals surface area (Å²) < 4.78 is 4.71. The van der Waals surface area contributed by atoms with Gasteiger partial charge in [0.05, 0.1) is 7.11 Å². The molecule has 0 aromatic rings. The summed E-state index contributed by atoms with van der Waals surface area (Å²) in [6.07, 6.45) is 4.27. The Morgan fingerprint density at radius 3 is 2.87 bits per heavy atom. The number of piperidine rings is 1. The van der Waals surface area contributed by atoms with Crippen molar-refractivity contribution in [3.05, 3.63) is 0 Å². The van der Waals surface area contributed by atoms with Gasteiger partial charge in [0.2, 0.25) is 0 Å². The Morgan fingerprint density at radius 2 is 2.33 bits per heavy atom. The maximum atomic E-state index is 11.3. The number of hydrogen-bond acceptors (Lipinski definition) is 3. The van der Waals surface area contributed by atoms with Gasteiger partial charge in [0.15, 0.2) is 0 Å². The molecule has 0 bridgehead atoms. The van der Waals surface area contributed by atoms with Crippen molar-refractivity contribution >= 4 is 12.4 Å². The van der Waals surface area contributed by atoms with Crippen LogP contribution in [0.1, 0.15) is 32.6 Å². The predicted octanol–water partition coefficient (Wildman–Crippen LogP) is 1.83. The smallest absolute Gasteiger partial charge is 0.409 e. The second-order valence-corrected chi connectivity index (χ2v) is 4.15. The van der Waals surface area contributed by atoms with E-state index < -0.39 is 0 Å². The molecule has 4 heteroatoms. The first-order valence-electron chi connectivity index (χ1n) is 5.47. The van der Waals surface area contributed by atoms with Crippen LogP contribution in [-0.4, -0.2) is 37.0 Å². The minimum atomic E-state index is -0.240. The summed E-state index contributed by atoms with van der Waals surface area (Å²) in [5.74, 6) is 0.575. The fourth-order valence-electron chi connectivity index (χ4n) is 2.22. The molecule has 1 fully saturated rings. The van der Waals surface area contributed by atoms with Gasteiger partial charge >= 0.3 is 6.09 Å². The van der Waals surface area contributed by atoms with Crippen LogP contribution < -0.4 is 0 Å². The first-order valence-corrected chi connectivity index (χ1v) is 5.47. The monoisotopic (exact) mass is 213 g/mol. The fourth-order valence-corrected chi connectivity index (χ4v) is 2.22. The summed E-state index contributed by atoms with van der Waals surface area (Å²) in [5.41, 5.74) is 0. The van der Waals surface area contributed by atoms with E-state index >= 15 is 0 Å². The second-order valence-electron chi connectivity index (χ2n) is 4.15. The molecule has 1 aliphatic rings. The van der Waals surface area contributed by atoms with E-state index in [9.17, 15) is 9.59 Å². The van der Waals surface area contributed by atoms with Crippen LogP contribution in [0.5, 0.6) is 0 Å². The van der Waals surface area contributed by atoms with Gasteiger partial charge in [0.25, 0.3) is 0 Å². The molecule has 1 rings (SSSR count). The van der Waals surface area contributed by atoms with Crippen LogP contribution in [0.25, 0.3) is 0 Å². The highest BCUT2D eigenvalue weighted by atomic mass is 16.5. The Morgan fingerprint density at radius 1 is 1.60 bits per heavy atom. The largest absolute Gasteiger partial charge is 0.453 e. The van der Waals surface area contributed by atoms with Crippen LogP contribution in [0.2, 0.25) is 0 Å². The Hall–Kier alpha value is -1.06. The second kappa shape index (κ2) is 5.73. The number of amides is 1. The Kier molecular flexibility index (Phi) is 4.59. The number of likely N-dealkylation sites (tertiary alicyclic amines) is 1. The van der Waals surface area contributed by atoms with E-state index in [1.165, 1.54) is 7.11 Å². The molecule has 0 N–H and O–H groups in total. The number of carbonyl (C=O) groups excluding carboxylic acids is 2. The van der Waals surface area contributed by atoms with Gasteiger partial charge in [-0.3, -0.25) is 0 Å². The maximum absolute atomic E-state index is 11.3. The van der Waals surface area contributed by atoms with E-state index in [-0.39, 0.29) is 12.1 Å². The number of ether oxygens (including phenoxy) is 1. The van der Waals surface area contributed by atoms with Crippen LogP contribution in [-0.2, 0) is 9.53 Å². The minimum Gasteiger partial charge on any atom is -0.453 e. The topological polar surface area (TPSA) is 46.6 Å². The van der Waals surface area contributed by atoms with Crippen LogP contribution in [0.4, 0.5) is 4.79 Å². The van der Waals surface area contributed by atoms with E-state index in [2.05, 4.69) is 0 Å². The van der Waals surface area contributed by atoms with Gasteiger partial charge in [0.1, 0.15) is 6.29 Å². The third-order valence-corrected chi connectivity index (χ3v) is 3.09. The van der Waals surface area contributed by atoms with E-state index in [0.29, 0.717) is 12.3 Å². The number of methoxy groups -OCH3 is 1. The maximum Gasteiger partial charge on any atom is 0.409 e. The summed E-state index contributed by atoms with van der Waals surface area (Å²) in [4.78, 5) is 23.4. The zero-order chi connectivity index (χ0) is 11.3. The average molecular weight is 213 g/mol. The highest BCUT2D eigenvalue weighted by Crippen LogP contribution is 2.26. The number of aldehydes is 1. The van der Waals surface area contributed by atoms with Gasteiger partial charge in [-0.1, -0.05) is 0 Å². The molecule has 86 valence electrons. The third kappa shape index (κ3) is 3.22. The van der Waals surface area contributed by atoms with Crippen molar-refractivity contribution in [1.29, 1.82) is 0 Å². The van der Waals surface area contributed by atoms with Gasteiger partial charge in [0, 0.05) is 19.0 Å². The van der Waals surface area contributed by atoms with Crippen LogP contribution in [0.15, 0.2) is 0 Å². The molecule has 2 atom stereocenters. The molecule has 0 aromatic carbocycles. The molecule has 0 radical (unpaired) electrons. The molecule has 1 heterocycles. The SMILES string of the molecule is COC(=O)N1CC[C@H](CCC=O)C[C@H]1C. The average Bonchev–Trinajstić information content (AvgIpc) is 2.25. The Labute approximate surface area is 90.6 Å². The summed E-state index contributed by atoms with van der Waals surface area (Å²) in [5, 5.41) is 0. The Bertz CT molecular complexity index is 230. The summed E-state index contributed by atoms with van der Waals surface area (Å²) in [6.45, 7) is 2.78. The van der Waals surface area contributed by atoms with Gasteiger partial charge in [-0.25, -0.2) is 4.79 Å². The van der Waals surface area contributed by atoms with Crippen molar-refractivity contribution in [1.82, 2.24) is 4.90 Å². The first-order chi connectivity index (χ1) is 7.19. The lowest BCUT2D eigenvalue weighted by molar-refractivity contribution is -0.108. The lowest BCUT2D eigenvalue weighted by Crippen LogP contribution is -2.44. The van der Waals surface area contributed by atoms with Gasteiger partial charge in [-0.05, 0) is 32.1 Å². The van der Waals surface area contributed by atoms with Crippen LogP contribution in [0.3, 0.4) is 0 Å². The number of hydrogen-bond donors (Lipinski definition) is 0. The summed E-state index contributed by atoms with van der Waals surface area (Å²) in [6, 6.07) is 0.225. The normalized spacial score (nSPS) is 26.1. The predicted molar refractivity (Wildman–Crippen MR) is 56.6 cm³/mol. The minimum absolute atomic E-state index is 0.225. The Balaban J connectivity index is 2.40. The van der Waals surface area contributed by atoms with Gasteiger partial charge < -0.3 is 14.4 Å². The lowest BCUT2D eigenvalue weighted by atomic mass is 9.88. The molecule has 0 aromatic heterocycles. The van der Waals surface area contributed by atoms with Crippen molar-refractivity contribution < 1.29 is 14.3 Å². The van der Waals surface area contributed by atoms with Crippen molar-refractivity contribution in [2.45, 2.75) is 38.6 Å². The zero-order valence-corrected chi connectivity index (χ0v) is 9.44. The molecule has 0 aliphatic carbocycles. The molecule has 0 spiro atoms.